The zero-order chi connectivity index (χ0) is 14.7. The highest BCUT2D eigenvalue weighted by Gasteiger charge is 2.13. The van der Waals surface area contributed by atoms with E-state index in [-0.39, 0.29) is 11.9 Å². The van der Waals surface area contributed by atoms with Gasteiger partial charge in [0.1, 0.15) is 11.6 Å². The first kappa shape index (κ1) is 15.0. The number of ether oxygens (including phenoxy) is 1. The van der Waals surface area contributed by atoms with E-state index in [4.69, 9.17) is 10.5 Å². The van der Waals surface area contributed by atoms with Crippen LogP contribution in [-0.2, 0) is 6.42 Å². The number of nitrogens with two attached hydrogens (primary N) is 1. The number of rotatable bonds is 4. The van der Waals surface area contributed by atoms with Crippen molar-refractivity contribution in [3.63, 3.8) is 0 Å². The van der Waals surface area contributed by atoms with Crippen LogP contribution in [0.2, 0.25) is 0 Å². The van der Waals surface area contributed by atoms with Crippen molar-refractivity contribution < 1.29 is 9.13 Å². The van der Waals surface area contributed by atoms with E-state index in [1.54, 1.807) is 13.2 Å². The lowest BCUT2D eigenvalue weighted by atomic mass is 9.96. The Balaban J connectivity index is 2.25. The molecule has 0 aliphatic heterocycles. The molecule has 1 atom stereocenters. The minimum Gasteiger partial charge on any atom is -0.497 e. The lowest BCUT2D eigenvalue weighted by Crippen LogP contribution is -2.15. The van der Waals surface area contributed by atoms with Crippen molar-refractivity contribution >= 4 is 15.9 Å². The summed E-state index contributed by atoms with van der Waals surface area (Å²) in [6.07, 6.45) is 0.651. The highest BCUT2D eigenvalue weighted by molar-refractivity contribution is 9.10. The average molecular weight is 338 g/mol. The van der Waals surface area contributed by atoms with Crippen molar-refractivity contribution in [3.05, 3.63) is 63.4 Å². The van der Waals surface area contributed by atoms with Gasteiger partial charge < -0.3 is 10.5 Å². The second-order valence-electron chi connectivity index (χ2n) is 4.77. The molecule has 0 aromatic heterocycles. The molecule has 2 aromatic carbocycles. The Morgan fingerprint density at radius 3 is 2.65 bits per heavy atom. The normalized spacial score (nSPS) is 12.2. The van der Waals surface area contributed by atoms with Gasteiger partial charge in [-0.25, -0.2) is 4.39 Å². The number of halogens is 2. The van der Waals surface area contributed by atoms with Crippen LogP contribution >= 0.6 is 15.9 Å². The Bertz CT molecular complexity index is 615. The Morgan fingerprint density at radius 1 is 1.25 bits per heavy atom. The summed E-state index contributed by atoms with van der Waals surface area (Å²) < 4.78 is 19.3. The zero-order valence-corrected chi connectivity index (χ0v) is 13.1. The standard InChI is InChI=1S/C16H17BrFNO/c1-10-7-12(18)4-3-11(10)8-16(19)14-9-13(20-2)5-6-15(14)17/h3-7,9,16H,8,19H2,1-2H3. The highest BCUT2D eigenvalue weighted by Crippen LogP contribution is 2.29. The molecule has 2 nitrogen and oxygen atoms in total. The molecule has 2 rings (SSSR count). The minimum atomic E-state index is -0.220. The van der Waals surface area contributed by atoms with Crippen LogP contribution in [0.4, 0.5) is 4.39 Å². The lowest BCUT2D eigenvalue weighted by molar-refractivity contribution is 0.413. The Morgan fingerprint density at radius 2 is 2.00 bits per heavy atom. The van der Waals surface area contributed by atoms with Crippen molar-refractivity contribution in [2.45, 2.75) is 19.4 Å². The molecule has 0 fully saturated rings. The average Bonchev–Trinajstić information content (AvgIpc) is 2.42. The smallest absolute Gasteiger partial charge is 0.123 e. The van der Waals surface area contributed by atoms with Gasteiger partial charge >= 0.3 is 0 Å². The van der Waals surface area contributed by atoms with E-state index in [0.29, 0.717) is 6.42 Å². The van der Waals surface area contributed by atoms with Crippen LogP contribution in [0.3, 0.4) is 0 Å². The van der Waals surface area contributed by atoms with Crippen LogP contribution < -0.4 is 10.5 Å². The molecule has 0 amide bonds. The van der Waals surface area contributed by atoms with Gasteiger partial charge in [-0.2, -0.15) is 0 Å². The predicted octanol–water partition coefficient (Wildman–Crippen LogP) is 4.15. The second-order valence-corrected chi connectivity index (χ2v) is 5.62. The predicted molar refractivity (Wildman–Crippen MR) is 82.5 cm³/mol. The minimum absolute atomic E-state index is 0.177. The fourth-order valence-electron chi connectivity index (χ4n) is 2.17. The summed E-state index contributed by atoms with van der Waals surface area (Å²) in [6, 6.07) is 10.3. The summed E-state index contributed by atoms with van der Waals surface area (Å²) in [5.74, 6) is 0.553. The summed E-state index contributed by atoms with van der Waals surface area (Å²) in [5.41, 5.74) is 9.22. The third kappa shape index (κ3) is 3.38. The summed E-state index contributed by atoms with van der Waals surface area (Å²) in [4.78, 5) is 0. The molecule has 20 heavy (non-hydrogen) atoms. The maximum Gasteiger partial charge on any atom is 0.123 e. The first-order chi connectivity index (χ1) is 9.51. The molecule has 1 unspecified atom stereocenters. The Labute approximate surface area is 126 Å². The first-order valence-corrected chi connectivity index (χ1v) is 7.14. The van der Waals surface area contributed by atoms with Crippen LogP contribution in [0.5, 0.6) is 5.75 Å². The maximum atomic E-state index is 13.1. The Hall–Kier alpha value is -1.39. The third-order valence-corrected chi connectivity index (χ3v) is 4.07. The fourth-order valence-corrected chi connectivity index (χ4v) is 2.71. The fraction of sp³-hybridized carbons (Fsp3) is 0.250. The highest BCUT2D eigenvalue weighted by atomic mass is 79.9. The van der Waals surface area contributed by atoms with Gasteiger partial charge in [0.15, 0.2) is 0 Å². The monoisotopic (exact) mass is 337 g/mol. The van der Waals surface area contributed by atoms with Crippen LogP contribution in [0.25, 0.3) is 0 Å². The molecule has 0 bridgehead atoms. The Kier molecular flexibility index (Phi) is 4.78. The van der Waals surface area contributed by atoms with Crippen LogP contribution in [0.1, 0.15) is 22.7 Å². The molecule has 106 valence electrons. The van der Waals surface area contributed by atoms with E-state index < -0.39 is 0 Å². The number of hydrogen-bond acceptors (Lipinski definition) is 2. The second kappa shape index (κ2) is 6.37. The van der Waals surface area contributed by atoms with Crippen molar-refractivity contribution in [2.75, 3.05) is 7.11 Å². The largest absolute Gasteiger partial charge is 0.497 e. The molecule has 0 saturated heterocycles. The van der Waals surface area contributed by atoms with Gasteiger partial charge in [0.2, 0.25) is 0 Å². The van der Waals surface area contributed by atoms with E-state index in [1.165, 1.54) is 12.1 Å². The van der Waals surface area contributed by atoms with E-state index in [9.17, 15) is 4.39 Å². The molecular formula is C16H17BrFNO. The molecule has 4 heteroatoms. The topological polar surface area (TPSA) is 35.2 Å². The van der Waals surface area contributed by atoms with Gasteiger partial charge in [0.05, 0.1) is 7.11 Å². The maximum absolute atomic E-state index is 13.1. The molecule has 2 aromatic rings. The quantitative estimate of drug-likeness (QED) is 0.909. The number of benzene rings is 2. The van der Waals surface area contributed by atoms with Crippen molar-refractivity contribution in [3.8, 4) is 5.75 Å². The van der Waals surface area contributed by atoms with Crippen molar-refractivity contribution in [1.29, 1.82) is 0 Å². The third-order valence-electron chi connectivity index (χ3n) is 3.35. The number of methoxy groups -OCH3 is 1. The summed E-state index contributed by atoms with van der Waals surface area (Å²) in [7, 11) is 1.63. The van der Waals surface area contributed by atoms with E-state index in [1.807, 2.05) is 25.1 Å². The molecule has 0 saturated carbocycles. The van der Waals surface area contributed by atoms with Gasteiger partial charge in [-0.15, -0.1) is 0 Å². The molecule has 0 radical (unpaired) electrons. The zero-order valence-electron chi connectivity index (χ0n) is 11.5. The number of hydrogen-bond donors (Lipinski definition) is 1. The van der Waals surface area contributed by atoms with Crippen LogP contribution in [-0.4, -0.2) is 7.11 Å². The van der Waals surface area contributed by atoms with Gasteiger partial charge in [-0.3, -0.25) is 0 Å². The van der Waals surface area contributed by atoms with E-state index in [2.05, 4.69) is 15.9 Å². The van der Waals surface area contributed by atoms with E-state index >= 15 is 0 Å². The SMILES string of the molecule is COc1ccc(Br)c(C(N)Cc2ccc(F)cc2C)c1. The first-order valence-electron chi connectivity index (χ1n) is 6.35. The summed E-state index contributed by atoms with van der Waals surface area (Å²) in [5, 5.41) is 0. The van der Waals surface area contributed by atoms with Crippen LogP contribution in [0.15, 0.2) is 40.9 Å². The molecule has 0 aliphatic carbocycles. The lowest BCUT2D eigenvalue weighted by Gasteiger charge is -2.16. The van der Waals surface area contributed by atoms with Gasteiger partial charge in [-0.1, -0.05) is 22.0 Å². The van der Waals surface area contributed by atoms with Gasteiger partial charge in [0, 0.05) is 10.5 Å². The summed E-state index contributed by atoms with van der Waals surface area (Å²) in [6.45, 7) is 1.89. The molecule has 0 heterocycles. The van der Waals surface area contributed by atoms with Gasteiger partial charge in [0.25, 0.3) is 0 Å². The molecular weight excluding hydrogens is 321 g/mol. The van der Waals surface area contributed by atoms with E-state index in [0.717, 1.165) is 26.9 Å². The van der Waals surface area contributed by atoms with Crippen molar-refractivity contribution in [1.82, 2.24) is 0 Å². The number of aryl methyl sites for hydroxylation is 1. The molecule has 0 spiro atoms. The molecule has 2 N–H and O–H groups in total. The summed E-state index contributed by atoms with van der Waals surface area (Å²) >= 11 is 3.51. The van der Waals surface area contributed by atoms with Crippen molar-refractivity contribution in [2.24, 2.45) is 5.73 Å². The van der Waals surface area contributed by atoms with Crippen LogP contribution in [0, 0.1) is 12.7 Å². The molecule has 0 aliphatic rings. The van der Waals surface area contributed by atoms with Gasteiger partial charge in [-0.05, 0) is 60.4 Å².